The van der Waals surface area contributed by atoms with Crippen molar-refractivity contribution in [3.63, 3.8) is 0 Å². The Labute approximate surface area is 121 Å². The van der Waals surface area contributed by atoms with Crippen molar-refractivity contribution in [2.75, 3.05) is 19.6 Å². The van der Waals surface area contributed by atoms with Crippen LogP contribution < -0.4 is 5.32 Å². The fourth-order valence-corrected chi connectivity index (χ4v) is 2.65. The second-order valence-electron chi connectivity index (χ2n) is 5.91. The SMILES string of the molecule is CC(C)N1CCC(CNC(=O)CCc2cccnc2)C1. The second-order valence-corrected chi connectivity index (χ2v) is 5.91. The van der Waals surface area contributed by atoms with Gasteiger partial charge in [-0.15, -0.1) is 0 Å². The molecule has 4 heteroatoms. The summed E-state index contributed by atoms with van der Waals surface area (Å²) in [5, 5.41) is 3.07. The Kier molecular flexibility index (Phi) is 5.53. The predicted octanol–water partition coefficient (Wildman–Crippen LogP) is 1.86. The number of rotatable bonds is 6. The molecule has 0 spiro atoms. The Hall–Kier alpha value is -1.42. The first-order valence-electron chi connectivity index (χ1n) is 7.55. The number of likely N-dealkylation sites (tertiary alicyclic amines) is 1. The zero-order valence-electron chi connectivity index (χ0n) is 12.5. The lowest BCUT2D eigenvalue weighted by Crippen LogP contribution is -2.33. The Morgan fingerprint density at radius 1 is 1.55 bits per heavy atom. The zero-order valence-corrected chi connectivity index (χ0v) is 12.5. The minimum absolute atomic E-state index is 0.150. The summed E-state index contributed by atoms with van der Waals surface area (Å²) in [6, 6.07) is 4.53. The Balaban J connectivity index is 1.63. The van der Waals surface area contributed by atoms with Crippen LogP contribution >= 0.6 is 0 Å². The molecule has 0 radical (unpaired) electrons. The van der Waals surface area contributed by atoms with Gasteiger partial charge in [0.25, 0.3) is 0 Å². The number of hydrogen-bond acceptors (Lipinski definition) is 3. The number of amides is 1. The van der Waals surface area contributed by atoms with Gasteiger partial charge in [0.15, 0.2) is 0 Å². The fourth-order valence-electron chi connectivity index (χ4n) is 2.65. The highest BCUT2D eigenvalue weighted by atomic mass is 16.1. The molecular weight excluding hydrogens is 250 g/mol. The van der Waals surface area contributed by atoms with Gasteiger partial charge in [0.1, 0.15) is 0 Å². The molecule has 1 amide bonds. The van der Waals surface area contributed by atoms with Gasteiger partial charge in [-0.25, -0.2) is 0 Å². The largest absolute Gasteiger partial charge is 0.356 e. The van der Waals surface area contributed by atoms with Crippen molar-refractivity contribution in [2.24, 2.45) is 5.92 Å². The normalized spacial score (nSPS) is 19.4. The summed E-state index contributed by atoms with van der Waals surface area (Å²) in [7, 11) is 0. The number of pyridine rings is 1. The average Bonchev–Trinajstić information content (AvgIpc) is 2.93. The molecule has 1 aliphatic heterocycles. The van der Waals surface area contributed by atoms with E-state index in [9.17, 15) is 4.79 Å². The number of nitrogens with zero attached hydrogens (tertiary/aromatic N) is 2. The molecule has 0 aliphatic carbocycles. The molecule has 20 heavy (non-hydrogen) atoms. The number of hydrogen-bond donors (Lipinski definition) is 1. The van der Waals surface area contributed by atoms with Gasteiger partial charge < -0.3 is 10.2 Å². The zero-order chi connectivity index (χ0) is 14.4. The first-order chi connectivity index (χ1) is 9.65. The molecule has 110 valence electrons. The number of aromatic nitrogens is 1. The summed E-state index contributed by atoms with van der Waals surface area (Å²) in [5.74, 6) is 0.761. The van der Waals surface area contributed by atoms with Crippen molar-refractivity contribution in [2.45, 2.75) is 39.2 Å². The van der Waals surface area contributed by atoms with Gasteiger partial charge in [0, 0.05) is 37.9 Å². The highest BCUT2D eigenvalue weighted by Gasteiger charge is 2.24. The maximum Gasteiger partial charge on any atom is 0.220 e. The summed E-state index contributed by atoms with van der Waals surface area (Å²) in [4.78, 5) is 18.4. The second kappa shape index (κ2) is 7.39. The third-order valence-corrected chi connectivity index (χ3v) is 4.00. The number of carbonyl (C=O) groups excluding carboxylic acids is 1. The van der Waals surface area contributed by atoms with Crippen molar-refractivity contribution in [3.8, 4) is 0 Å². The molecule has 1 atom stereocenters. The fraction of sp³-hybridized carbons (Fsp3) is 0.625. The summed E-state index contributed by atoms with van der Waals surface area (Å²) in [6.45, 7) is 7.55. The minimum atomic E-state index is 0.150. The van der Waals surface area contributed by atoms with Crippen LogP contribution in [0.2, 0.25) is 0 Å². The van der Waals surface area contributed by atoms with Crippen LogP contribution in [0.15, 0.2) is 24.5 Å². The molecule has 1 aromatic rings. The first kappa shape index (κ1) is 15.0. The van der Waals surface area contributed by atoms with Gasteiger partial charge >= 0.3 is 0 Å². The van der Waals surface area contributed by atoms with E-state index in [1.165, 1.54) is 6.42 Å². The van der Waals surface area contributed by atoms with E-state index in [0.717, 1.165) is 31.6 Å². The lowest BCUT2D eigenvalue weighted by atomic mass is 10.1. The minimum Gasteiger partial charge on any atom is -0.356 e. The molecule has 2 heterocycles. The van der Waals surface area contributed by atoms with E-state index in [4.69, 9.17) is 0 Å². The monoisotopic (exact) mass is 275 g/mol. The van der Waals surface area contributed by atoms with Crippen molar-refractivity contribution in [3.05, 3.63) is 30.1 Å². The topological polar surface area (TPSA) is 45.2 Å². The van der Waals surface area contributed by atoms with Crippen LogP contribution in [0.4, 0.5) is 0 Å². The summed E-state index contributed by atoms with van der Waals surface area (Å²) < 4.78 is 0. The Morgan fingerprint density at radius 3 is 3.05 bits per heavy atom. The number of carbonyl (C=O) groups is 1. The molecule has 1 N–H and O–H groups in total. The molecule has 4 nitrogen and oxygen atoms in total. The highest BCUT2D eigenvalue weighted by Crippen LogP contribution is 2.17. The maximum absolute atomic E-state index is 11.8. The van der Waals surface area contributed by atoms with Gasteiger partial charge in [0.05, 0.1) is 0 Å². The van der Waals surface area contributed by atoms with E-state index in [0.29, 0.717) is 18.4 Å². The van der Waals surface area contributed by atoms with Crippen LogP contribution in [-0.4, -0.2) is 41.5 Å². The van der Waals surface area contributed by atoms with E-state index in [-0.39, 0.29) is 5.91 Å². The lowest BCUT2D eigenvalue weighted by Gasteiger charge is -2.20. The Morgan fingerprint density at radius 2 is 2.40 bits per heavy atom. The van der Waals surface area contributed by atoms with Crippen LogP contribution in [0.3, 0.4) is 0 Å². The Bertz CT molecular complexity index is 419. The van der Waals surface area contributed by atoms with Crippen LogP contribution in [0.25, 0.3) is 0 Å². The molecule has 2 rings (SSSR count). The highest BCUT2D eigenvalue weighted by molar-refractivity contribution is 5.76. The van der Waals surface area contributed by atoms with Crippen molar-refractivity contribution in [1.29, 1.82) is 0 Å². The lowest BCUT2D eigenvalue weighted by molar-refractivity contribution is -0.121. The first-order valence-corrected chi connectivity index (χ1v) is 7.55. The molecule has 1 unspecified atom stereocenters. The summed E-state index contributed by atoms with van der Waals surface area (Å²) in [5.41, 5.74) is 1.12. The molecule has 1 aliphatic rings. The molecule has 1 aromatic heterocycles. The molecular formula is C16H25N3O. The third kappa shape index (κ3) is 4.60. The van der Waals surface area contributed by atoms with Crippen LogP contribution in [0.5, 0.6) is 0 Å². The van der Waals surface area contributed by atoms with Gasteiger partial charge in [-0.1, -0.05) is 6.07 Å². The molecule has 0 aromatic carbocycles. The molecule has 1 saturated heterocycles. The maximum atomic E-state index is 11.8. The van der Waals surface area contributed by atoms with E-state index in [1.807, 2.05) is 18.3 Å². The van der Waals surface area contributed by atoms with Crippen LogP contribution in [-0.2, 0) is 11.2 Å². The van der Waals surface area contributed by atoms with Crippen molar-refractivity contribution < 1.29 is 4.79 Å². The van der Waals surface area contributed by atoms with E-state index < -0.39 is 0 Å². The van der Waals surface area contributed by atoms with Crippen molar-refractivity contribution in [1.82, 2.24) is 15.2 Å². The quantitative estimate of drug-likeness (QED) is 0.862. The van der Waals surface area contributed by atoms with Gasteiger partial charge in [-0.2, -0.15) is 0 Å². The van der Waals surface area contributed by atoms with E-state index >= 15 is 0 Å². The average molecular weight is 275 g/mol. The van der Waals surface area contributed by atoms with Crippen LogP contribution in [0, 0.1) is 5.92 Å². The predicted molar refractivity (Wildman–Crippen MR) is 80.4 cm³/mol. The van der Waals surface area contributed by atoms with E-state index in [1.54, 1.807) is 6.20 Å². The van der Waals surface area contributed by atoms with Gasteiger partial charge in [0.2, 0.25) is 5.91 Å². The molecule has 0 saturated carbocycles. The smallest absolute Gasteiger partial charge is 0.220 e. The third-order valence-electron chi connectivity index (χ3n) is 4.00. The van der Waals surface area contributed by atoms with Crippen LogP contribution in [0.1, 0.15) is 32.3 Å². The molecule has 1 fully saturated rings. The van der Waals surface area contributed by atoms with Crippen molar-refractivity contribution >= 4 is 5.91 Å². The summed E-state index contributed by atoms with van der Waals surface area (Å²) in [6.07, 6.45) is 6.09. The standard InChI is InChI=1S/C16H25N3O/c1-13(2)19-9-7-15(12-19)11-18-16(20)6-5-14-4-3-8-17-10-14/h3-4,8,10,13,15H,5-7,9,11-12H2,1-2H3,(H,18,20). The molecule has 0 bridgehead atoms. The summed E-state index contributed by atoms with van der Waals surface area (Å²) >= 11 is 0. The number of aryl methyl sites for hydroxylation is 1. The number of nitrogens with one attached hydrogen (secondary N) is 1. The van der Waals surface area contributed by atoms with E-state index in [2.05, 4.69) is 29.0 Å². The van der Waals surface area contributed by atoms with Gasteiger partial charge in [-0.3, -0.25) is 9.78 Å². The van der Waals surface area contributed by atoms with Gasteiger partial charge in [-0.05, 0) is 50.8 Å².